The minimum Gasteiger partial charge on any atom is -0.469 e. The van der Waals surface area contributed by atoms with E-state index in [1.807, 2.05) is 17.9 Å². The van der Waals surface area contributed by atoms with Crippen LogP contribution >= 0.6 is 15.9 Å². The number of carbonyl (C=O) groups excluding carboxylic acids is 1. The van der Waals surface area contributed by atoms with E-state index in [0.29, 0.717) is 60.1 Å². The molecule has 1 saturated heterocycles. The van der Waals surface area contributed by atoms with Crippen molar-refractivity contribution in [2.24, 2.45) is 0 Å². The topological polar surface area (TPSA) is 104 Å². The third-order valence-electron chi connectivity index (χ3n) is 4.75. The molecule has 0 spiro atoms. The van der Waals surface area contributed by atoms with Crippen molar-refractivity contribution in [1.29, 1.82) is 0 Å². The Balaban J connectivity index is 1.72. The Hall–Kier alpha value is -2.79. The number of hydrogen-bond acceptors (Lipinski definition) is 9. The third-order valence-corrected chi connectivity index (χ3v) is 5.33. The summed E-state index contributed by atoms with van der Waals surface area (Å²) in [6, 6.07) is 3.59. The first kappa shape index (κ1) is 21.4. The molecular weight excluding hydrogens is 468 g/mol. The van der Waals surface area contributed by atoms with Gasteiger partial charge in [0, 0.05) is 25.5 Å². The second kappa shape index (κ2) is 10.0. The van der Waals surface area contributed by atoms with Gasteiger partial charge in [-0.1, -0.05) is 13.3 Å². The van der Waals surface area contributed by atoms with Gasteiger partial charge in [-0.2, -0.15) is 15.2 Å². The molecule has 1 aliphatic rings. The third kappa shape index (κ3) is 4.93. The largest absolute Gasteiger partial charge is 0.469 e. The fourth-order valence-corrected chi connectivity index (χ4v) is 3.60. The first-order valence-electron chi connectivity index (χ1n) is 10.1. The lowest BCUT2D eigenvalue weighted by Crippen LogP contribution is -2.37. The van der Waals surface area contributed by atoms with Crippen LogP contribution in [0.5, 0.6) is 5.88 Å². The fourth-order valence-electron chi connectivity index (χ4n) is 3.12. The lowest BCUT2D eigenvalue weighted by molar-refractivity contribution is 0.122. The summed E-state index contributed by atoms with van der Waals surface area (Å²) in [6.45, 7) is 5.07. The van der Waals surface area contributed by atoms with Crippen LogP contribution < -0.4 is 9.64 Å². The van der Waals surface area contributed by atoms with Gasteiger partial charge < -0.3 is 19.1 Å². The number of nitrogens with zero attached hydrogens (tertiary/aromatic N) is 6. The predicted molar refractivity (Wildman–Crippen MR) is 116 cm³/mol. The zero-order valence-electron chi connectivity index (χ0n) is 17.2. The number of hydrogen-bond donors (Lipinski definition) is 0. The highest BCUT2D eigenvalue weighted by molar-refractivity contribution is 9.10. The first-order chi connectivity index (χ1) is 15.2. The smallest absolute Gasteiger partial charge is 0.418 e. The maximum absolute atomic E-state index is 12.7. The van der Waals surface area contributed by atoms with Crippen molar-refractivity contribution < 1.29 is 19.0 Å². The highest BCUT2D eigenvalue weighted by atomic mass is 79.9. The van der Waals surface area contributed by atoms with Gasteiger partial charge in [0.1, 0.15) is 23.3 Å². The number of morpholine rings is 1. The number of ether oxygens (including phenoxy) is 3. The number of unbranched alkanes of at least 4 members (excludes halogenated alkanes) is 1. The number of aromatic nitrogens is 5. The molecule has 0 aromatic carbocycles. The van der Waals surface area contributed by atoms with E-state index in [-0.39, 0.29) is 12.5 Å². The molecule has 10 nitrogen and oxygen atoms in total. The molecule has 0 atom stereocenters. The van der Waals surface area contributed by atoms with E-state index in [2.05, 4.69) is 36.1 Å². The van der Waals surface area contributed by atoms with Crippen LogP contribution in [-0.2, 0) is 16.1 Å². The van der Waals surface area contributed by atoms with Crippen molar-refractivity contribution >= 4 is 39.0 Å². The normalized spacial score (nSPS) is 14.1. The molecule has 3 aromatic heterocycles. The minimum atomic E-state index is -0.503. The maximum atomic E-state index is 12.7. The van der Waals surface area contributed by atoms with Gasteiger partial charge in [0.05, 0.1) is 24.3 Å². The number of carbonyl (C=O) groups is 1. The molecule has 0 amide bonds. The predicted octanol–water partition coefficient (Wildman–Crippen LogP) is 3.18. The molecule has 3 aromatic rings. The summed E-state index contributed by atoms with van der Waals surface area (Å²) in [6.07, 6.45) is 4.45. The lowest BCUT2D eigenvalue weighted by atomic mass is 10.4. The van der Waals surface area contributed by atoms with Crippen molar-refractivity contribution in [3.63, 3.8) is 0 Å². The van der Waals surface area contributed by atoms with Gasteiger partial charge in [-0.05, 0) is 34.5 Å². The molecule has 0 bridgehead atoms. The molecular formula is C20H23BrN6O4. The second-order valence-corrected chi connectivity index (χ2v) is 7.80. The highest BCUT2D eigenvalue weighted by Gasteiger charge is 2.24. The molecule has 1 fully saturated rings. The number of anilines is 1. The zero-order chi connectivity index (χ0) is 21.6. The lowest BCUT2D eigenvalue weighted by Gasteiger charge is -2.27. The molecule has 0 saturated carbocycles. The Bertz CT molecular complexity index is 1040. The van der Waals surface area contributed by atoms with E-state index in [1.165, 1.54) is 4.57 Å². The second-order valence-electron chi connectivity index (χ2n) is 6.94. The summed E-state index contributed by atoms with van der Waals surface area (Å²) < 4.78 is 18.9. The van der Waals surface area contributed by atoms with Crippen LogP contribution in [0.1, 0.15) is 25.5 Å². The molecule has 1 aliphatic heterocycles. The quantitative estimate of drug-likeness (QED) is 0.461. The van der Waals surface area contributed by atoms with Gasteiger partial charge in [0.15, 0.2) is 0 Å². The SMILES string of the molecule is CCCCOC(=O)n1cc(Br)c2nc(N3CCOCC3)nc(OCc3cccnn3)c21. The van der Waals surface area contributed by atoms with Gasteiger partial charge in [-0.3, -0.25) is 0 Å². The molecule has 4 rings (SSSR count). The van der Waals surface area contributed by atoms with Crippen LogP contribution in [0.15, 0.2) is 29.0 Å². The molecule has 0 N–H and O–H groups in total. The molecule has 31 heavy (non-hydrogen) atoms. The van der Waals surface area contributed by atoms with Gasteiger partial charge >= 0.3 is 6.09 Å². The minimum absolute atomic E-state index is 0.149. The summed E-state index contributed by atoms with van der Waals surface area (Å²) in [5.41, 5.74) is 1.65. The first-order valence-corrected chi connectivity index (χ1v) is 10.9. The van der Waals surface area contributed by atoms with Crippen LogP contribution in [0.2, 0.25) is 0 Å². The van der Waals surface area contributed by atoms with Crippen LogP contribution in [0.3, 0.4) is 0 Å². The Morgan fingerprint density at radius 1 is 1.29 bits per heavy atom. The average molecular weight is 491 g/mol. The summed E-state index contributed by atoms with van der Waals surface area (Å²) in [4.78, 5) is 24.1. The molecule has 164 valence electrons. The van der Waals surface area contributed by atoms with E-state index in [0.717, 1.165) is 12.8 Å². The zero-order valence-corrected chi connectivity index (χ0v) is 18.7. The monoisotopic (exact) mass is 490 g/mol. The molecule has 0 aliphatic carbocycles. The number of fused-ring (bicyclic) bond motifs is 1. The Labute approximate surface area is 187 Å². The van der Waals surface area contributed by atoms with Crippen molar-refractivity contribution in [2.75, 3.05) is 37.8 Å². The van der Waals surface area contributed by atoms with Crippen LogP contribution in [0.25, 0.3) is 11.0 Å². The standard InChI is InChI=1S/C20H23BrN6O4/c1-2-3-9-30-20(28)27-12-15(21)16-17(27)18(31-13-14-5-4-6-22-25-14)24-19(23-16)26-7-10-29-11-8-26/h4-6,12H,2-3,7-11,13H2,1H3. The fraction of sp³-hybridized carbons (Fsp3) is 0.450. The average Bonchev–Trinajstić information content (AvgIpc) is 3.15. The summed E-state index contributed by atoms with van der Waals surface area (Å²) in [5.74, 6) is 0.790. The highest BCUT2D eigenvalue weighted by Crippen LogP contribution is 2.33. The van der Waals surface area contributed by atoms with Crippen LogP contribution in [0.4, 0.5) is 10.7 Å². The Kier molecular flexibility index (Phi) is 6.92. The Morgan fingerprint density at radius 2 is 2.13 bits per heavy atom. The summed E-state index contributed by atoms with van der Waals surface area (Å²) in [5, 5.41) is 7.92. The van der Waals surface area contributed by atoms with E-state index >= 15 is 0 Å². The Morgan fingerprint density at radius 3 is 2.87 bits per heavy atom. The van der Waals surface area contributed by atoms with Gasteiger partial charge in [-0.15, -0.1) is 0 Å². The maximum Gasteiger partial charge on any atom is 0.418 e. The van der Waals surface area contributed by atoms with Gasteiger partial charge in [0.2, 0.25) is 11.8 Å². The number of rotatable bonds is 7. The van der Waals surface area contributed by atoms with E-state index in [9.17, 15) is 4.79 Å². The van der Waals surface area contributed by atoms with Crippen molar-refractivity contribution in [1.82, 2.24) is 24.7 Å². The van der Waals surface area contributed by atoms with Crippen LogP contribution in [-0.4, -0.2) is 63.7 Å². The van der Waals surface area contributed by atoms with Crippen molar-refractivity contribution in [3.05, 3.63) is 34.7 Å². The van der Waals surface area contributed by atoms with E-state index in [4.69, 9.17) is 14.2 Å². The number of halogens is 1. The van der Waals surface area contributed by atoms with Crippen molar-refractivity contribution in [3.8, 4) is 5.88 Å². The summed E-state index contributed by atoms with van der Waals surface area (Å²) >= 11 is 3.52. The van der Waals surface area contributed by atoms with E-state index in [1.54, 1.807) is 18.5 Å². The summed E-state index contributed by atoms with van der Waals surface area (Å²) in [7, 11) is 0. The van der Waals surface area contributed by atoms with E-state index < -0.39 is 6.09 Å². The molecule has 0 unspecified atom stereocenters. The van der Waals surface area contributed by atoms with Gasteiger partial charge in [-0.25, -0.2) is 14.3 Å². The van der Waals surface area contributed by atoms with Crippen LogP contribution in [0, 0.1) is 0 Å². The molecule has 0 radical (unpaired) electrons. The van der Waals surface area contributed by atoms with Gasteiger partial charge in [0.25, 0.3) is 0 Å². The van der Waals surface area contributed by atoms with Crippen molar-refractivity contribution in [2.45, 2.75) is 26.4 Å². The molecule has 4 heterocycles. The molecule has 11 heteroatoms.